The minimum Gasteiger partial charge on any atom is -0.358 e. The highest BCUT2D eigenvalue weighted by Gasteiger charge is 2.33. The van der Waals surface area contributed by atoms with Crippen LogP contribution in [0.4, 0.5) is 5.69 Å². The molecular formula is C15H16N2O. The monoisotopic (exact) mass is 240 g/mol. The number of carbonyl (C=O) groups excluding carboxylic acids is 1. The third kappa shape index (κ3) is 2.60. The second-order valence-electron chi connectivity index (χ2n) is 5.40. The number of carbonyl (C=O) groups is 1. The first kappa shape index (κ1) is 12.4. The average molecular weight is 240 g/mol. The molecule has 0 aliphatic heterocycles. The van der Waals surface area contributed by atoms with Crippen LogP contribution in [-0.2, 0) is 4.79 Å². The molecule has 3 heteroatoms. The maximum absolute atomic E-state index is 11.9. The number of hydrogen-bond donors (Lipinski definition) is 1. The molecule has 2 rings (SSSR count). The molecule has 0 atom stereocenters. The third-order valence-electron chi connectivity index (χ3n) is 3.06. The Kier molecular flexibility index (Phi) is 3.20. The fourth-order valence-electron chi connectivity index (χ4n) is 2.25. The van der Waals surface area contributed by atoms with Crippen LogP contribution in [0.15, 0.2) is 41.6 Å². The van der Waals surface area contributed by atoms with Crippen LogP contribution in [0.2, 0.25) is 0 Å². The van der Waals surface area contributed by atoms with Crippen LogP contribution < -0.4 is 5.32 Å². The summed E-state index contributed by atoms with van der Waals surface area (Å²) in [7, 11) is 0. The van der Waals surface area contributed by atoms with E-state index in [2.05, 4.69) is 5.32 Å². The van der Waals surface area contributed by atoms with Gasteiger partial charge in [0.25, 0.3) is 0 Å². The Morgan fingerprint density at radius 2 is 1.89 bits per heavy atom. The zero-order valence-corrected chi connectivity index (χ0v) is 10.7. The molecule has 0 aromatic heterocycles. The summed E-state index contributed by atoms with van der Waals surface area (Å²) in [5.41, 5.74) is 1.84. The molecule has 0 heterocycles. The van der Waals surface area contributed by atoms with E-state index in [4.69, 9.17) is 5.26 Å². The van der Waals surface area contributed by atoms with Gasteiger partial charge in [0, 0.05) is 17.8 Å². The lowest BCUT2D eigenvalue weighted by Crippen LogP contribution is -2.27. The molecule has 0 spiro atoms. The SMILES string of the molecule is CC1(C)CC(=O)C(C#N)=C(Nc2ccccc2)C1. The smallest absolute Gasteiger partial charge is 0.175 e. The van der Waals surface area contributed by atoms with E-state index in [1.807, 2.05) is 50.2 Å². The van der Waals surface area contributed by atoms with E-state index in [1.54, 1.807) is 0 Å². The van der Waals surface area contributed by atoms with Gasteiger partial charge < -0.3 is 5.32 Å². The van der Waals surface area contributed by atoms with Crippen molar-refractivity contribution in [2.24, 2.45) is 5.41 Å². The standard InChI is InChI=1S/C15H16N2O/c1-15(2)8-13(12(10-16)14(18)9-15)17-11-6-4-3-5-7-11/h3-7,17H,8-9H2,1-2H3. The Bertz CT molecular complexity index is 535. The summed E-state index contributed by atoms with van der Waals surface area (Å²) in [5, 5.41) is 12.3. The van der Waals surface area contributed by atoms with Crippen LogP contribution in [0.1, 0.15) is 26.7 Å². The molecule has 0 amide bonds. The van der Waals surface area contributed by atoms with Crippen molar-refractivity contribution in [1.82, 2.24) is 0 Å². The Morgan fingerprint density at radius 3 is 2.50 bits per heavy atom. The Morgan fingerprint density at radius 1 is 1.22 bits per heavy atom. The molecule has 3 nitrogen and oxygen atoms in total. The van der Waals surface area contributed by atoms with Crippen molar-refractivity contribution in [3.63, 3.8) is 0 Å². The van der Waals surface area contributed by atoms with Gasteiger partial charge in [0.15, 0.2) is 5.78 Å². The van der Waals surface area contributed by atoms with Gasteiger partial charge in [-0.25, -0.2) is 0 Å². The van der Waals surface area contributed by atoms with Crippen LogP contribution in [0.5, 0.6) is 0 Å². The van der Waals surface area contributed by atoms with Crippen LogP contribution in [-0.4, -0.2) is 5.78 Å². The van der Waals surface area contributed by atoms with E-state index in [-0.39, 0.29) is 16.8 Å². The number of ketones is 1. The molecular weight excluding hydrogens is 224 g/mol. The van der Waals surface area contributed by atoms with Crippen LogP contribution >= 0.6 is 0 Å². The Labute approximate surface area is 107 Å². The number of allylic oxidation sites excluding steroid dienone is 2. The topological polar surface area (TPSA) is 52.9 Å². The number of nitrogens with zero attached hydrogens (tertiary/aromatic N) is 1. The normalized spacial score (nSPS) is 18.4. The highest BCUT2D eigenvalue weighted by Crippen LogP contribution is 2.36. The third-order valence-corrected chi connectivity index (χ3v) is 3.06. The largest absolute Gasteiger partial charge is 0.358 e. The first-order valence-corrected chi connectivity index (χ1v) is 6.00. The van der Waals surface area contributed by atoms with E-state index in [9.17, 15) is 4.79 Å². The fraction of sp³-hybridized carbons (Fsp3) is 0.333. The quantitative estimate of drug-likeness (QED) is 0.863. The summed E-state index contributed by atoms with van der Waals surface area (Å²) in [6, 6.07) is 11.7. The highest BCUT2D eigenvalue weighted by atomic mass is 16.1. The Balaban J connectivity index is 2.34. The van der Waals surface area contributed by atoms with Gasteiger partial charge >= 0.3 is 0 Å². The molecule has 0 fully saturated rings. The lowest BCUT2D eigenvalue weighted by Gasteiger charge is -2.30. The molecule has 0 radical (unpaired) electrons. The molecule has 0 bridgehead atoms. The van der Waals surface area contributed by atoms with Crippen molar-refractivity contribution in [1.29, 1.82) is 5.26 Å². The zero-order valence-electron chi connectivity index (χ0n) is 10.7. The van der Waals surface area contributed by atoms with Gasteiger partial charge in [-0.2, -0.15) is 5.26 Å². The Hall–Kier alpha value is -2.08. The van der Waals surface area contributed by atoms with Crippen molar-refractivity contribution in [2.75, 3.05) is 5.32 Å². The molecule has 0 unspecified atom stereocenters. The van der Waals surface area contributed by atoms with Crippen molar-refractivity contribution in [3.05, 3.63) is 41.6 Å². The molecule has 1 aromatic carbocycles. The van der Waals surface area contributed by atoms with Gasteiger partial charge in [0.2, 0.25) is 0 Å². The van der Waals surface area contributed by atoms with Gasteiger partial charge in [-0.05, 0) is 24.0 Å². The second kappa shape index (κ2) is 4.66. The number of para-hydroxylation sites is 1. The molecule has 92 valence electrons. The van der Waals surface area contributed by atoms with Gasteiger partial charge in [-0.3, -0.25) is 4.79 Å². The molecule has 0 saturated carbocycles. The second-order valence-corrected chi connectivity index (χ2v) is 5.40. The number of nitriles is 1. The number of hydrogen-bond acceptors (Lipinski definition) is 3. The van der Waals surface area contributed by atoms with E-state index in [0.717, 1.165) is 17.8 Å². The summed E-state index contributed by atoms with van der Waals surface area (Å²) < 4.78 is 0. The molecule has 0 saturated heterocycles. The predicted octanol–water partition coefficient (Wildman–Crippen LogP) is 3.27. The number of Topliss-reactive ketones (excluding diaryl/α,β-unsaturated/α-hetero) is 1. The number of nitrogens with one attached hydrogen (secondary N) is 1. The summed E-state index contributed by atoms with van der Waals surface area (Å²) in [6.07, 6.45) is 1.16. The van der Waals surface area contributed by atoms with Gasteiger partial charge in [-0.15, -0.1) is 0 Å². The van der Waals surface area contributed by atoms with E-state index >= 15 is 0 Å². The van der Waals surface area contributed by atoms with Crippen LogP contribution in [0.25, 0.3) is 0 Å². The maximum Gasteiger partial charge on any atom is 0.175 e. The van der Waals surface area contributed by atoms with Gasteiger partial charge in [-0.1, -0.05) is 32.0 Å². The first-order valence-electron chi connectivity index (χ1n) is 6.00. The van der Waals surface area contributed by atoms with E-state index < -0.39 is 0 Å². The number of anilines is 1. The summed E-state index contributed by atoms with van der Waals surface area (Å²) >= 11 is 0. The lowest BCUT2D eigenvalue weighted by molar-refractivity contribution is -0.117. The van der Waals surface area contributed by atoms with Crippen molar-refractivity contribution in [2.45, 2.75) is 26.7 Å². The maximum atomic E-state index is 11.9. The van der Waals surface area contributed by atoms with Crippen LogP contribution in [0.3, 0.4) is 0 Å². The van der Waals surface area contributed by atoms with Gasteiger partial charge in [0.05, 0.1) is 0 Å². The highest BCUT2D eigenvalue weighted by molar-refractivity contribution is 6.01. The van der Waals surface area contributed by atoms with Crippen LogP contribution in [0, 0.1) is 16.7 Å². The summed E-state index contributed by atoms with van der Waals surface area (Å²) in [6.45, 7) is 4.09. The fourth-order valence-corrected chi connectivity index (χ4v) is 2.25. The average Bonchev–Trinajstić information content (AvgIpc) is 2.28. The molecule has 1 aliphatic rings. The van der Waals surface area contributed by atoms with E-state index in [0.29, 0.717) is 6.42 Å². The van der Waals surface area contributed by atoms with E-state index in [1.165, 1.54) is 0 Å². The molecule has 18 heavy (non-hydrogen) atoms. The minimum absolute atomic E-state index is 0.0628. The van der Waals surface area contributed by atoms with Crippen molar-refractivity contribution < 1.29 is 4.79 Å². The summed E-state index contributed by atoms with van der Waals surface area (Å²) in [5.74, 6) is -0.0628. The molecule has 1 aromatic rings. The van der Waals surface area contributed by atoms with Gasteiger partial charge in [0.1, 0.15) is 11.6 Å². The lowest BCUT2D eigenvalue weighted by atomic mass is 9.76. The molecule has 1 N–H and O–H groups in total. The summed E-state index contributed by atoms with van der Waals surface area (Å²) in [4.78, 5) is 11.9. The minimum atomic E-state index is -0.0887. The van der Waals surface area contributed by atoms with Crippen molar-refractivity contribution in [3.8, 4) is 6.07 Å². The predicted molar refractivity (Wildman–Crippen MR) is 70.7 cm³/mol. The first-order chi connectivity index (χ1) is 8.52. The number of rotatable bonds is 2. The molecule has 1 aliphatic carbocycles. The zero-order chi connectivity index (χ0) is 13.2. The number of benzene rings is 1. The van der Waals surface area contributed by atoms with Crippen molar-refractivity contribution >= 4 is 11.5 Å².